The monoisotopic (exact) mass is 449 g/mol. The number of anilines is 1. The van der Waals surface area contributed by atoms with E-state index in [4.69, 9.17) is 0 Å². The first-order valence-corrected chi connectivity index (χ1v) is 11.6. The lowest BCUT2D eigenvalue weighted by molar-refractivity contribution is -0.123. The highest BCUT2D eigenvalue weighted by molar-refractivity contribution is 7.03. The van der Waals surface area contributed by atoms with Crippen molar-refractivity contribution in [3.05, 3.63) is 70.5 Å². The van der Waals surface area contributed by atoms with E-state index in [1.54, 1.807) is 34.8 Å². The van der Waals surface area contributed by atoms with Crippen LogP contribution in [0.1, 0.15) is 66.8 Å². The molecule has 0 fully saturated rings. The first-order chi connectivity index (χ1) is 15.3. The van der Waals surface area contributed by atoms with Crippen LogP contribution in [0.2, 0.25) is 0 Å². The van der Waals surface area contributed by atoms with E-state index in [1.165, 1.54) is 5.56 Å². The lowest BCUT2D eigenvalue weighted by atomic mass is 9.89. The molecule has 0 saturated carbocycles. The fourth-order valence-corrected chi connectivity index (χ4v) is 4.57. The molecule has 8 heteroatoms. The highest BCUT2D eigenvalue weighted by Gasteiger charge is 2.37. The second kappa shape index (κ2) is 9.16. The molecule has 7 nitrogen and oxygen atoms in total. The van der Waals surface area contributed by atoms with Crippen molar-refractivity contribution in [2.45, 2.75) is 58.0 Å². The number of hydrogen-bond donors (Lipinski definition) is 1. The van der Waals surface area contributed by atoms with Gasteiger partial charge in [-0.05, 0) is 92.9 Å². The summed E-state index contributed by atoms with van der Waals surface area (Å²) in [5.41, 5.74) is 3.56. The van der Waals surface area contributed by atoms with Gasteiger partial charge in [0.1, 0.15) is 6.04 Å². The van der Waals surface area contributed by atoms with Crippen molar-refractivity contribution in [1.29, 1.82) is 0 Å². The molecule has 1 atom stereocenters. The summed E-state index contributed by atoms with van der Waals surface area (Å²) in [5, 5.41) is 8.70. The van der Waals surface area contributed by atoms with Crippen molar-refractivity contribution in [3.63, 3.8) is 0 Å². The number of rotatable bonds is 5. The lowest BCUT2D eigenvalue weighted by Crippen LogP contribution is -2.50. The van der Waals surface area contributed by atoms with Gasteiger partial charge < -0.3 is 5.32 Å². The second-order valence-corrected chi connectivity index (χ2v) is 9.62. The van der Waals surface area contributed by atoms with Crippen LogP contribution in [0.15, 0.2) is 48.1 Å². The van der Waals surface area contributed by atoms with Gasteiger partial charge in [0.15, 0.2) is 5.69 Å². The number of pyridine rings is 1. The van der Waals surface area contributed by atoms with Crippen LogP contribution >= 0.6 is 11.5 Å². The Bertz CT molecular complexity index is 1090. The molecule has 1 aromatic carbocycles. The Morgan fingerprint density at radius 3 is 2.53 bits per heavy atom. The number of carbonyl (C=O) groups excluding carboxylic acids is 2. The largest absolute Gasteiger partial charge is 0.349 e. The highest BCUT2D eigenvalue weighted by atomic mass is 32.1. The van der Waals surface area contributed by atoms with Crippen LogP contribution in [-0.2, 0) is 17.6 Å². The van der Waals surface area contributed by atoms with Crippen LogP contribution in [0.25, 0.3) is 0 Å². The van der Waals surface area contributed by atoms with E-state index in [2.05, 4.69) is 26.0 Å². The van der Waals surface area contributed by atoms with Crippen LogP contribution in [0.5, 0.6) is 0 Å². The number of aromatic nitrogens is 3. The van der Waals surface area contributed by atoms with E-state index in [-0.39, 0.29) is 17.5 Å². The molecular weight excluding hydrogens is 422 g/mol. The minimum Gasteiger partial charge on any atom is -0.349 e. The van der Waals surface area contributed by atoms with E-state index in [9.17, 15) is 9.59 Å². The van der Waals surface area contributed by atoms with Gasteiger partial charge in [0, 0.05) is 29.0 Å². The van der Waals surface area contributed by atoms with Gasteiger partial charge in [-0.15, -0.1) is 5.10 Å². The molecule has 0 bridgehead atoms. The maximum atomic E-state index is 13.8. The molecule has 166 valence electrons. The quantitative estimate of drug-likeness (QED) is 0.633. The molecule has 0 saturated heterocycles. The average molecular weight is 450 g/mol. The van der Waals surface area contributed by atoms with Crippen LogP contribution < -0.4 is 10.2 Å². The molecule has 0 aliphatic heterocycles. The number of aryl methyl sites for hydroxylation is 1. The van der Waals surface area contributed by atoms with Gasteiger partial charge in [-0.3, -0.25) is 19.5 Å². The first kappa shape index (κ1) is 22.1. The number of hydrogen-bond acceptors (Lipinski definition) is 6. The minimum absolute atomic E-state index is 0.228. The van der Waals surface area contributed by atoms with Gasteiger partial charge in [0.25, 0.3) is 5.91 Å². The van der Waals surface area contributed by atoms with Gasteiger partial charge in [-0.25, -0.2) is 0 Å². The number of fused-ring (bicyclic) bond motifs is 1. The molecule has 4 rings (SSSR count). The van der Waals surface area contributed by atoms with E-state index in [0.29, 0.717) is 5.56 Å². The van der Waals surface area contributed by atoms with Crippen molar-refractivity contribution in [2.24, 2.45) is 0 Å². The van der Waals surface area contributed by atoms with Crippen LogP contribution in [0.3, 0.4) is 0 Å². The molecule has 1 aliphatic rings. The summed E-state index contributed by atoms with van der Waals surface area (Å²) in [7, 11) is 0. The van der Waals surface area contributed by atoms with Crippen molar-refractivity contribution >= 4 is 29.0 Å². The fourth-order valence-electron chi connectivity index (χ4n) is 4.14. The zero-order valence-corrected chi connectivity index (χ0v) is 19.4. The molecule has 1 N–H and O–H groups in total. The zero-order valence-electron chi connectivity index (χ0n) is 18.5. The van der Waals surface area contributed by atoms with Crippen LogP contribution in [-0.4, -0.2) is 31.9 Å². The third-order valence-corrected chi connectivity index (χ3v) is 5.96. The fraction of sp³-hybridized carbons (Fsp3) is 0.375. The molecule has 0 radical (unpaired) electrons. The van der Waals surface area contributed by atoms with Gasteiger partial charge in [-0.1, -0.05) is 16.6 Å². The van der Waals surface area contributed by atoms with E-state index in [0.717, 1.165) is 48.5 Å². The maximum absolute atomic E-state index is 13.8. The second-order valence-electron chi connectivity index (χ2n) is 9.01. The molecule has 3 aromatic rings. The SMILES string of the molecule is CC(C)(C)NC(=O)[C@@H](c1ccncc1)N(C(=O)c1csnn1)c1cccc2c1CCCC2. The lowest BCUT2D eigenvalue weighted by Gasteiger charge is -2.35. The summed E-state index contributed by atoms with van der Waals surface area (Å²) >= 11 is 1.12. The van der Waals surface area contributed by atoms with Gasteiger partial charge in [0.05, 0.1) is 0 Å². The maximum Gasteiger partial charge on any atom is 0.280 e. The molecule has 2 amide bonds. The Morgan fingerprint density at radius 1 is 1.09 bits per heavy atom. The minimum atomic E-state index is -0.875. The van der Waals surface area contributed by atoms with Crippen LogP contribution in [0, 0.1) is 0 Å². The Morgan fingerprint density at radius 2 is 1.84 bits per heavy atom. The topological polar surface area (TPSA) is 88.1 Å². The number of amides is 2. The van der Waals surface area contributed by atoms with E-state index < -0.39 is 11.6 Å². The molecule has 1 aliphatic carbocycles. The van der Waals surface area contributed by atoms with Gasteiger partial charge in [0.2, 0.25) is 5.91 Å². The summed E-state index contributed by atoms with van der Waals surface area (Å²) in [6.07, 6.45) is 7.30. The van der Waals surface area contributed by atoms with Crippen molar-refractivity contribution in [3.8, 4) is 0 Å². The van der Waals surface area contributed by atoms with Crippen molar-refractivity contribution < 1.29 is 9.59 Å². The third-order valence-electron chi connectivity index (χ3n) is 5.46. The summed E-state index contributed by atoms with van der Waals surface area (Å²) in [6.45, 7) is 5.78. The van der Waals surface area contributed by atoms with Crippen molar-refractivity contribution in [2.75, 3.05) is 4.90 Å². The normalized spacial score (nSPS) is 14.3. The molecular formula is C24H27N5O2S. The number of benzene rings is 1. The number of nitrogens with one attached hydrogen (secondary N) is 1. The summed E-state index contributed by atoms with van der Waals surface area (Å²) in [5.74, 6) is -0.600. The third kappa shape index (κ3) is 4.70. The van der Waals surface area contributed by atoms with E-state index >= 15 is 0 Å². The molecule has 2 heterocycles. The smallest absolute Gasteiger partial charge is 0.280 e. The van der Waals surface area contributed by atoms with Crippen molar-refractivity contribution in [1.82, 2.24) is 19.9 Å². The molecule has 2 aromatic heterocycles. The Kier molecular flexibility index (Phi) is 6.32. The predicted octanol–water partition coefficient (Wildman–Crippen LogP) is 4.11. The Labute approximate surface area is 192 Å². The number of nitrogens with zero attached hydrogens (tertiary/aromatic N) is 4. The number of carbonyl (C=O) groups is 2. The van der Waals surface area contributed by atoms with E-state index in [1.807, 2.05) is 32.9 Å². The zero-order chi connectivity index (χ0) is 22.7. The average Bonchev–Trinajstić information content (AvgIpc) is 3.31. The standard InChI is InChI=1S/C24H27N5O2S/c1-24(2,3)26-22(30)21(17-11-13-25-14-12-17)29(23(31)19-15-32-28-27-19)20-10-6-8-16-7-4-5-9-18(16)20/h6,8,10-15,21H,4-5,7,9H2,1-3H3,(H,26,30)/t21-/m1/s1. The first-order valence-electron chi connectivity index (χ1n) is 10.8. The summed E-state index contributed by atoms with van der Waals surface area (Å²) in [6, 6.07) is 8.69. The van der Waals surface area contributed by atoms with Gasteiger partial charge in [-0.2, -0.15) is 0 Å². The van der Waals surface area contributed by atoms with Crippen LogP contribution in [0.4, 0.5) is 5.69 Å². The Balaban J connectivity index is 1.90. The molecule has 32 heavy (non-hydrogen) atoms. The molecule has 0 spiro atoms. The van der Waals surface area contributed by atoms with Gasteiger partial charge >= 0.3 is 0 Å². The molecule has 0 unspecified atom stereocenters. The Hall–Kier alpha value is -3.13. The highest BCUT2D eigenvalue weighted by Crippen LogP contribution is 2.36. The summed E-state index contributed by atoms with van der Waals surface area (Å²) < 4.78 is 3.88. The predicted molar refractivity (Wildman–Crippen MR) is 125 cm³/mol. The summed E-state index contributed by atoms with van der Waals surface area (Å²) in [4.78, 5) is 33.2.